The van der Waals surface area contributed by atoms with E-state index in [-0.39, 0.29) is 67.0 Å². The number of nitro benzene ring substituents is 1. The maximum atomic E-state index is 12.9. The molecule has 9 nitrogen and oxygen atoms in total. The molecule has 0 aromatic heterocycles. The minimum atomic E-state index is -3.87. The third-order valence-electron chi connectivity index (χ3n) is 4.73. The normalized spacial score (nSPS) is 17.7. The van der Waals surface area contributed by atoms with Crippen LogP contribution in [0.2, 0.25) is 0 Å². The van der Waals surface area contributed by atoms with E-state index in [9.17, 15) is 23.3 Å². The lowest BCUT2D eigenvalue weighted by molar-refractivity contribution is -0.385. The summed E-state index contributed by atoms with van der Waals surface area (Å²) < 4.78 is 27.0. The van der Waals surface area contributed by atoms with Crippen LogP contribution in [-0.4, -0.2) is 60.7 Å². The predicted molar refractivity (Wildman–Crippen MR) is 103 cm³/mol. The lowest BCUT2D eigenvalue weighted by Crippen LogP contribution is -2.53. The van der Waals surface area contributed by atoms with Crippen LogP contribution >= 0.6 is 12.4 Å². The average Bonchev–Trinajstić information content (AvgIpc) is 2.60. The maximum absolute atomic E-state index is 12.9. The van der Waals surface area contributed by atoms with Crippen molar-refractivity contribution in [2.24, 2.45) is 11.7 Å². The first kappa shape index (κ1) is 23.3. The van der Waals surface area contributed by atoms with Gasteiger partial charge in [-0.05, 0) is 19.4 Å². The summed E-state index contributed by atoms with van der Waals surface area (Å²) in [5.41, 5.74) is 5.94. The van der Waals surface area contributed by atoms with Crippen molar-refractivity contribution in [2.45, 2.75) is 31.7 Å². The highest BCUT2D eigenvalue weighted by Crippen LogP contribution is 2.25. The third kappa shape index (κ3) is 4.95. The van der Waals surface area contributed by atoms with Gasteiger partial charge in [-0.3, -0.25) is 14.9 Å². The van der Waals surface area contributed by atoms with Crippen LogP contribution in [0.1, 0.15) is 19.4 Å². The predicted octanol–water partition coefficient (Wildman–Crippen LogP) is 1.14. The fourth-order valence-electron chi connectivity index (χ4n) is 2.78. The molecular weight excluding hydrogens is 396 g/mol. The maximum Gasteiger partial charge on any atom is 0.270 e. The van der Waals surface area contributed by atoms with Crippen LogP contribution in [0.15, 0.2) is 23.1 Å². The summed E-state index contributed by atoms with van der Waals surface area (Å²) >= 11 is 0. The molecule has 0 bridgehead atoms. The molecule has 1 aromatic carbocycles. The molecule has 0 aliphatic carbocycles. The van der Waals surface area contributed by atoms with E-state index in [1.54, 1.807) is 25.7 Å². The topological polar surface area (TPSA) is 127 Å². The van der Waals surface area contributed by atoms with Crippen molar-refractivity contribution < 1.29 is 18.1 Å². The number of nitro groups is 1. The van der Waals surface area contributed by atoms with Gasteiger partial charge in [0.1, 0.15) is 0 Å². The SMILES string of the molecule is Cc1ccc([N+](=O)[O-])cc1S(=O)(=O)N1CCN(C(=O)C(C)C(C)N)CC1.Cl. The number of benzene rings is 1. The number of hydrogen-bond donors (Lipinski definition) is 1. The number of hydrogen-bond acceptors (Lipinski definition) is 6. The minimum Gasteiger partial charge on any atom is -0.340 e. The van der Waals surface area contributed by atoms with Gasteiger partial charge in [0.2, 0.25) is 15.9 Å². The molecule has 1 saturated heterocycles. The number of rotatable bonds is 5. The van der Waals surface area contributed by atoms with Crippen LogP contribution in [-0.2, 0) is 14.8 Å². The zero-order chi connectivity index (χ0) is 19.6. The molecule has 0 radical (unpaired) electrons. The van der Waals surface area contributed by atoms with Crippen LogP contribution < -0.4 is 5.73 Å². The van der Waals surface area contributed by atoms with Gasteiger partial charge in [0, 0.05) is 44.4 Å². The van der Waals surface area contributed by atoms with Crippen molar-refractivity contribution in [1.82, 2.24) is 9.21 Å². The molecule has 2 atom stereocenters. The lowest BCUT2D eigenvalue weighted by atomic mass is 10.0. The van der Waals surface area contributed by atoms with Crippen LogP contribution in [0.3, 0.4) is 0 Å². The number of nitrogens with zero attached hydrogens (tertiary/aromatic N) is 3. The van der Waals surface area contributed by atoms with Crippen molar-refractivity contribution >= 4 is 34.0 Å². The van der Waals surface area contributed by atoms with Gasteiger partial charge in [-0.15, -0.1) is 12.4 Å². The molecule has 1 heterocycles. The second-order valence-electron chi connectivity index (χ2n) is 6.58. The van der Waals surface area contributed by atoms with Crippen LogP contribution in [0, 0.1) is 23.0 Å². The number of piperazine rings is 1. The molecule has 2 N–H and O–H groups in total. The molecule has 11 heteroatoms. The Bertz CT molecular complexity index is 807. The molecule has 1 fully saturated rings. The molecule has 1 aromatic rings. The van der Waals surface area contributed by atoms with Crippen molar-refractivity contribution in [3.63, 3.8) is 0 Å². The highest BCUT2D eigenvalue weighted by Gasteiger charge is 2.33. The Morgan fingerprint density at radius 3 is 2.26 bits per heavy atom. The van der Waals surface area contributed by atoms with Gasteiger partial charge < -0.3 is 10.6 Å². The summed E-state index contributed by atoms with van der Waals surface area (Å²) in [6, 6.07) is 3.51. The number of nitrogens with two attached hydrogens (primary N) is 1. The Hall–Kier alpha value is -1.75. The van der Waals surface area contributed by atoms with E-state index in [0.717, 1.165) is 6.07 Å². The molecule has 2 unspecified atom stereocenters. The molecule has 0 spiro atoms. The van der Waals surface area contributed by atoms with Crippen LogP contribution in [0.4, 0.5) is 5.69 Å². The average molecular weight is 421 g/mol. The smallest absolute Gasteiger partial charge is 0.270 e. The molecule has 27 heavy (non-hydrogen) atoms. The second kappa shape index (κ2) is 8.96. The molecular formula is C16H25ClN4O5S. The molecule has 2 rings (SSSR count). The van der Waals surface area contributed by atoms with E-state index in [4.69, 9.17) is 5.73 Å². The molecule has 1 amide bonds. The van der Waals surface area contributed by atoms with Crippen molar-refractivity contribution in [3.05, 3.63) is 33.9 Å². The standard InChI is InChI=1S/C16H24N4O5S.ClH/c1-11-4-5-14(20(22)23)10-15(11)26(24,25)19-8-6-18(7-9-19)16(21)12(2)13(3)17;/h4-5,10,12-13H,6-9,17H2,1-3H3;1H. The lowest BCUT2D eigenvalue weighted by Gasteiger charge is -2.36. The Morgan fingerprint density at radius 1 is 1.22 bits per heavy atom. The first-order valence-corrected chi connectivity index (χ1v) is 9.79. The quantitative estimate of drug-likeness (QED) is 0.562. The minimum absolute atomic E-state index is 0. The summed E-state index contributed by atoms with van der Waals surface area (Å²) in [6.45, 7) is 5.92. The van der Waals surface area contributed by atoms with E-state index < -0.39 is 14.9 Å². The van der Waals surface area contributed by atoms with Crippen molar-refractivity contribution in [2.75, 3.05) is 26.2 Å². The largest absolute Gasteiger partial charge is 0.340 e. The molecule has 1 aliphatic heterocycles. The van der Waals surface area contributed by atoms with Gasteiger partial charge in [0.25, 0.3) is 5.69 Å². The van der Waals surface area contributed by atoms with Crippen molar-refractivity contribution in [3.8, 4) is 0 Å². The highest BCUT2D eigenvalue weighted by atomic mass is 35.5. The Labute approximate surface area is 165 Å². The van der Waals surface area contributed by atoms with E-state index in [1.165, 1.54) is 16.4 Å². The summed E-state index contributed by atoms with van der Waals surface area (Å²) in [4.78, 5) is 24.2. The molecule has 1 aliphatic rings. The van der Waals surface area contributed by atoms with E-state index in [0.29, 0.717) is 5.56 Å². The number of halogens is 1. The zero-order valence-corrected chi connectivity index (χ0v) is 17.1. The Balaban J connectivity index is 0.00000364. The van der Waals surface area contributed by atoms with Gasteiger partial charge in [-0.25, -0.2) is 8.42 Å². The van der Waals surface area contributed by atoms with E-state index in [2.05, 4.69) is 0 Å². The van der Waals surface area contributed by atoms with Gasteiger partial charge in [-0.1, -0.05) is 13.0 Å². The zero-order valence-electron chi connectivity index (χ0n) is 15.5. The number of amides is 1. The number of carbonyl (C=O) groups excluding carboxylic acids is 1. The Morgan fingerprint density at radius 2 is 1.78 bits per heavy atom. The summed E-state index contributed by atoms with van der Waals surface area (Å²) in [7, 11) is -3.87. The number of aryl methyl sites for hydroxylation is 1. The van der Waals surface area contributed by atoms with Gasteiger partial charge in [0.15, 0.2) is 0 Å². The molecule has 0 saturated carbocycles. The van der Waals surface area contributed by atoms with Gasteiger partial charge in [-0.2, -0.15) is 4.31 Å². The first-order valence-electron chi connectivity index (χ1n) is 8.35. The van der Waals surface area contributed by atoms with Crippen LogP contribution in [0.25, 0.3) is 0 Å². The summed E-state index contributed by atoms with van der Waals surface area (Å²) in [6.07, 6.45) is 0. The fraction of sp³-hybridized carbons (Fsp3) is 0.562. The van der Waals surface area contributed by atoms with Gasteiger partial charge in [0.05, 0.1) is 15.7 Å². The third-order valence-corrected chi connectivity index (χ3v) is 6.77. The Kier molecular flexibility index (Phi) is 7.73. The highest BCUT2D eigenvalue weighted by molar-refractivity contribution is 7.89. The molecule has 152 valence electrons. The van der Waals surface area contributed by atoms with E-state index in [1.807, 2.05) is 0 Å². The number of sulfonamides is 1. The van der Waals surface area contributed by atoms with Crippen molar-refractivity contribution in [1.29, 1.82) is 0 Å². The summed E-state index contributed by atoms with van der Waals surface area (Å²) in [5, 5.41) is 10.9. The monoisotopic (exact) mass is 420 g/mol. The fourth-order valence-corrected chi connectivity index (χ4v) is 4.45. The second-order valence-corrected chi connectivity index (χ2v) is 8.49. The summed E-state index contributed by atoms with van der Waals surface area (Å²) in [5.74, 6) is -0.430. The van der Waals surface area contributed by atoms with E-state index >= 15 is 0 Å². The number of non-ortho nitro benzene ring substituents is 1. The number of carbonyl (C=O) groups is 1. The van der Waals surface area contributed by atoms with Gasteiger partial charge >= 0.3 is 0 Å². The van der Waals surface area contributed by atoms with Crippen LogP contribution in [0.5, 0.6) is 0 Å². The first-order chi connectivity index (χ1) is 12.1.